The lowest BCUT2D eigenvalue weighted by molar-refractivity contribution is 0.199. The number of aromatic nitrogens is 2. The van der Waals surface area contributed by atoms with Gasteiger partial charge in [0, 0.05) is 38.3 Å². The summed E-state index contributed by atoms with van der Waals surface area (Å²) in [6, 6.07) is 8.47. The Bertz CT molecular complexity index is 828. The maximum Gasteiger partial charge on any atom is 0.240 e. The van der Waals surface area contributed by atoms with E-state index >= 15 is 0 Å². The van der Waals surface area contributed by atoms with E-state index in [2.05, 4.69) is 14.7 Å². The molecule has 0 atom stereocenters. The van der Waals surface area contributed by atoms with Crippen LogP contribution in [0.2, 0.25) is 5.15 Å². The lowest BCUT2D eigenvalue weighted by Gasteiger charge is -2.32. The maximum atomic E-state index is 12.4. The van der Waals surface area contributed by atoms with Crippen molar-refractivity contribution in [2.45, 2.75) is 37.2 Å². The molecule has 2 heterocycles. The number of piperidine rings is 1. The fraction of sp³-hybridized carbons (Fsp3) is 0.471. The molecule has 1 aromatic heterocycles. The van der Waals surface area contributed by atoms with Gasteiger partial charge < -0.3 is 0 Å². The lowest BCUT2D eigenvalue weighted by Crippen LogP contribution is -2.44. The number of aryl methyl sites for hydroxylation is 2. The lowest BCUT2D eigenvalue weighted by atomic mass is 10.1. The Balaban J connectivity index is 1.57. The monoisotopic (exact) mass is 382 g/mol. The first-order valence-corrected chi connectivity index (χ1v) is 10.2. The summed E-state index contributed by atoms with van der Waals surface area (Å²) in [5, 5.41) is 5.01. The molecule has 8 heteroatoms. The maximum absolute atomic E-state index is 12.4. The van der Waals surface area contributed by atoms with Crippen LogP contribution in [0.5, 0.6) is 0 Å². The zero-order chi connectivity index (χ0) is 18.0. The molecule has 0 spiro atoms. The molecule has 1 aliphatic heterocycles. The van der Waals surface area contributed by atoms with Crippen LogP contribution in [0.4, 0.5) is 0 Å². The number of nitrogens with zero attached hydrogens (tertiary/aromatic N) is 3. The third-order valence-electron chi connectivity index (χ3n) is 4.61. The Labute approximate surface area is 153 Å². The highest BCUT2D eigenvalue weighted by Crippen LogP contribution is 2.23. The summed E-state index contributed by atoms with van der Waals surface area (Å²) in [7, 11) is -1.61. The molecular weight excluding hydrogens is 360 g/mol. The molecule has 0 amide bonds. The zero-order valence-electron chi connectivity index (χ0n) is 14.4. The molecule has 1 saturated heterocycles. The van der Waals surface area contributed by atoms with Gasteiger partial charge in [-0.2, -0.15) is 5.10 Å². The fourth-order valence-corrected chi connectivity index (χ4v) is 4.73. The summed E-state index contributed by atoms with van der Waals surface area (Å²) >= 11 is 6.30. The first-order chi connectivity index (χ1) is 11.9. The average molecular weight is 383 g/mol. The van der Waals surface area contributed by atoms with Crippen LogP contribution >= 0.6 is 11.6 Å². The van der Waals surface area contributed by atoms with Crippen molar-refractivity contribution >= 4 is 21.6 Å². The number of benzene rings is 1. The van der Waals surface area contributed by atoms with Gasteiger partial charge in [0.05, 0.1) is 10.6 Å². The summed E-state index contributed by atoms with van der Waals surface area (Å²) in [6.07, 6.45) is 1.56. The van der Waals surface area contributed by atoms with E-state index in [1.807, 2.05) is 20.0 Å². The number of rotatable bonds is 5. The average Bonchev–Trinajstić information content (AvgIpc) is 2.83. The Morgan fingerprint density at radius 3 is 2.44 bits per heavy atom. The van der Waals surface area contributed by atoms with Crippen LogP contribution in [-0.4, -0.2) is 42.2 Å². The fourth-order valence-electron chi connectivity index (χ4n) is 3.17. The van der Waals surface area contributed by atoms with Crippen LogP contribution in [0.3, 0.4) is 0 Å². The van der Waals surface area contributed by atoms with Crippen LogP contribution in [0.25, 0.3) is 0 Å². The van der Waals surface area contributed by atoms with E-state index in [-0.39, 0.29) is 6.04 Å². The van der Waals surface area contributed by atoms with Gasteiger partial charge in [0.1, 0.15) is 5.15 Å². The van der Waals surface area contributed by atoms with Gasteiger partial charge in [-0.15, -0.1) is 0 Å². The van der Waals surface area contributed by atoms with Crippen molar-refractivity contribution in [2.24, 2.45) is 7.05 Å². The molecule has 0 radical (unpaired) electrons. The van der Waals surface area contributed by atoms with Crippen molar-refractivity contribution in [1.82, 2.24) is 19.4 Å². The molecule has 6 nitrogen and oxygen atoms in total. The normalized spacial score (nSPS) is 17.1. The minimum absolute atomic E-state index is 0.0353. The quantitative estimate of drug-likeness (QED) is 0.861. The predicted molar refractivity (Wildman–Crippen MR) is 98.0 cm³/mol. The SMILES string of the molecule is Cc1nn(C)c(Cl)c1CN1CCC(NS(=O)(=O)c2ccccc2)CC1. The molecule has 136 valence electrons. The molecule has 1 aromatic carbocycles. The number of likely N-dealkylation sites (tertiary alicyclic amines) is 1. The number of nitrogens with one attached hydrogen (secondary N) is 1. The number of hydrogen-bond acceptors (Lipinski definition) is 4. The summed E-state index contributed by atoms with van der Waals surface area (Å²) in [5.41, 5.74) is 1.99. The second-order valence-electron chi connectivity index (χ2n) is 6.46. The van der Waals surface area contributed by atoms with Crippen molar-refractivity contribution < 1.29 is 8.42 Å². The molecule has 0 unspecified atom stereocenters. The van der Waals surface area contributed by atoms with Crippen LogP contribution in [0, 0.1) is 6.92 Å². The van der Waals surface area contributed by atoms with Gasteiger partial charge in [0.15, 0.2) is 0 Å². The van der Waals surface area contributed by atoms with E-state index in [1.165, 1.54) is 0 Å². The van der Waals surface area contributed by atoms with Gasteiger partial charge in [0.2, 0.25) is 10.0 Å². The Morgan fingerprint density at radius 1 is 1.24 bits per heavy atom. The summed E-state index contributed by atoms with van der Waals surface area (Å²) in [5.74, 6) is 0. The predicted octanol–water partition coefficient (Wildman–Crippen LogP) is 2.32. The molecule has 1 fully saturated rings. The molecule has 1 N–H and O–H groups in total. The smallest absolute Gasteiger partial charge is 0.240 e. The minimum Gasteiger partial charge on any atom is -0.299 e. The Hall–Kier alpha value is -1.41. The van der Waals surface area contributed by atoms with Crippen molar-refractivity contribution in [3.05, 3.63) is 46.7 Å². The molecule has 3 rings (SSSR count). The van der Waals surface area contributed by atoms with Gasteiger partial charge >= 0.3 is 0 Å². The highest BCUT2D eigenvalue weighted by molar-refractivity contribution is 7.89. The van der Waals surface area contributed by atoms with E-state index in [1.54, 1.807) is 28.9 Å². The van der Waals surface area contributed by atoms with Crippen molar-refractivity contribution in [2.75, 3.05) is 13.1 Å². The Kier molecular flexibility index (Phi) is 5.48. The van der Waals surface area contributed by atoms with Crippen LogP contribution in [0.1, 0.15) is 24.1 Å². The topological polar surface area (TPSA) is 67.2 Å². The first-order valence-electron chi connectivity index (χ1n) is 8.34. The third-order valence-corrected chi connectivity index (χ3v) is 6.62. The van der Waals surface area contributed by atoms with Gasteiger partial charge in [0.25, 0.3) is 0 Å². The zero-order valence-corrected chi connectivity index (χ0v) is 16.0. The molecule has 1 aliphatic rings. The van der Waals surface area contributed by atoms with Crippen molar-refractivity contribution in [3.63, 3.8) is 0 Å². The number of hydrogen-bond donors (Lipinski definition) is 1. The number of sulfonamides is 1. The van der Waals surface area contributed by atoms with E-state index < -0.39 is 10.0 Å². The molecular formula is C17H23ClN4O2S. The van der Waals surface area contributed by atoms with Gasteiger partial charge in [-0.3, -0.25) is 9.58 Å². The number of halogens is 1. The summed E-state index contributed by atoms with van der Waals surface area (Å²) in [4.78, 5) is 2.61. The van der Waals surface area contributed by atoms with Crippen LogP contribution in [-0.2, 0) is 23.6 Å². The summed E-state index contributed by atoms with van der Waals surface area (Å²) in [6.45, 7) is 4.36. The molecule has 0 saturated carbocycles. The van der Waals surface area contributed by atoms with Crippen molar-refractivity contribution in [1.29, 1.82) is 0 Å². The van der Waals surface area contributed by atoms with E-state index in [4.69, 9.17) is 11.6 Å². The molecule has 0 bridgehead atoms. The van der Waals surface area contributed by atoms with Gasteiger partial charge in [-0.25, -0.2) is 13.1 Å². The summed E-state index contributed by atoms with van der Waals surface area (Å²) < 4.78 is 29.3. The largest absolute Gasteiger partial charge is 0.299 e. The van der Waals surface area contributed by atoms with Crippen LogP contribution in [0.15, 0.2) is 35.2 Å². The molecule has 2 aromatic rings. The van der Waals surface area contributed by atoms with Gasteiger partial charge in [-0.05, 0) is 31.9 Å². The Morgan fingerprint density at radius 2 is 1.88 bits per heavy atom. The second kappa shape index (κ2) is 7.45. The molecule has 0 aliphatic carbocycles. The van der Waals surface area contributed by atoms with E-state index in [9.17, 15) is 8.42 Å². The van der Waals surface area contributed by atoms with Crippen LogP contribution < -0.4 is 4.72 Å². The third kappa shape index (κ3) is 4.23. The standard InChI is InChI=1S/C17H23ClN4O2S/c1-13-16(17(18)21(2)19-13)12-22-10-8-14(9-11-22)20-25(23,24)15-6-4-3-5-7-15/h3-7,14,20H,8-12H2,1-2H3. The minimum atomic E-state index is -3.45. The van der Waals surface area contributed by atoms with Crippen molar-refractivity contribution in [3.8, 4) is 0 Å². The van der Waals surface area contributed by atoms with E-state index in [0.717, 1.165) is 43.7 Å². The molecule has 25 heavy (non-hydrogen) atoms. The second-order valence-corrected chi connectivity index (χ2v) is 8.54. The highest BCUT2D eigenvalue weighted by Gasteiger charge is 2.25. The first kappa shape index (κ1) is 18.4. The van der Waals surface area contributed by atoms with Gasteiger partial charge in [-0.1, -0.05) is 29.8 Å². The van der Waals surface area contributed by atoms with E-state index in [0.29, 0.717) is 10.0 Å². The highest BCUT2D eigenvalue weighted by atomic mass is 35.5.